The highest BCUT2D eigenvalue weighted by Gasteiger charge is 2.13. The van der Waals surface area contributed by atoms with Crippen LogP contribution in [0.5, 0.6) is 0 Å². The van der Waals surface area contributed by atoms with Crippen LogP contribution in [0.4, 0.5) is 0 Å². The Morgan fingerprint density at radius 2 is 1.57 bits per heavy atom. The van der Waals surface area contributed by atoms with E-state index in [0.717, 1.165) is 25.7 Å². The molecule has 0 spiro atoms. The van der Waals surface area contributed by atoms with Gasteiger partial charge in [-0.15, -0.1) is 0 Å². The smallest absolute Gasteiger partial charge is 0.306 e. The van der Waals surface area contributed by atoms with Crippen molar-refractivity contribution in [1.29, 1.82) is 0 Å². The summed E-state index contributed by atoms with van der Waals surface area (Å²) in [5.74, 6) is 0.0256. The number of ether oxygens (including phenoxy) is 1. The molecule has 1 atom stereocenters. The van der Waals surface area contributed by atoms with E-state index >= 15 is 0 Å². The summed E-state index contributed by atoms with van der Waals surface area (Å²) in [5.41, 5.74) is 0. The molecule has 0 bridgehead atoms. The Kier molecular flexibility index (Phi) is 11.2. The van der Waals surface area contributed by atoms with Crippen LogP contribution < -0.4 is 0 Å². The van der Waals surface area contributed by atoms with Crippen molar-refractivity contribution < 1.29 is 9.53 Å². The lowest BCUT2D eigenvalue weighted by Gasteiger charge is -2.17. The SMILES string of the molecule is CCCC1CCCC/C=C\CCCCCCCCC(=O)O1. The minimum absolute atomic E-state index is 0.0256. The van der Waals surface area contributed by atoms with Crippen LogP contribution in [0.15, 0.2) is 12.2 Å². The molecule has 1 aliphatic rings. The summed E-state index contributed by atoms with van der Waals surface area (Å²) in [7, 11) is 0. The second-order valence-electron chi connectivity index (χ2n) is 6.32. The Bertz CT molecular complexity index is 283. The zero-order chi connectivity index (χ0) is 15.2. The van der Waals surface area contributed by atoms with Crippen LogP contribution in [0.25, 0.3) is 0 Å². The molecule has 0 saturated carbocycles. The van der Waals surface area contributed by atoms with Crippen LogP contribution in [0.3, 0.4) is 0 Å². The van der Waals surface area contributed by atoms with Crippen LogP contribution in [-0.4, -0.2) is 12.1 Å². The Morgan fingerprint density at radius 1 is 0.952 bits per heavy atom. The van der Waals surface area contributed by atoms with Gasteiger partial charge in [-0.1, -0.05) is 51.2 Å². The summed E-state index contributed by atoms with van der Waals surface area (Å²) in [6, 6.07) is 0. The van der Waals surface area contributed by atoms with Gasteiger partial charge in [-0.25, -0.2) is 0 Å². The number of hydrogen-bond acceptors (Lipinski definition) is 2. The van der Waals surface area contributed by atoms with Crippen molar-refractivity contribution in [2.75, 3.05) is 0 Å². The normalized spacial score (nSPS) is 25.8. The molecule has 0 N–H and O–H groups in total. The van der Waals surface area contributed by atoms with Crippen molar-refractivity contribution in [3.8, 4) is 0 Å². The van der Waals surface area contributed by atoms with Gasteiger partial charge in [-0.3, -0.25) is 4.79 Å². The predicted octanol–water partition coefficient (Wildman–Crippen LogP) is 5.95. The predicted molar refractivity (Wildman–Crippen MR) is 89.3 cm³/mol. The largest absolute Gasteiger partial charge is 0.462 e. The number of cyclic esters (lactones) is 1. The maximum Gasteiger partial charge on any atom is 0.306 e. The highest BCUT2D eigenvalue weighted by atomic mass is 16.5. The number of carbonyl (C=O) groups excluding carboxylic acids is 1. The molecule has 21 heavy (non-hydrogen) atoms. The second-order valence-corrected chi connectivity index (χ2v) is 6.32. The average Bonchev–Trinajstić information content (AvgIpc) is 2.47. The zero-order valence-corrected chi connectivity index (χ0v) is 13.9. The fourth-order valence-electron chi connectivity index (χ4n) is 2.94. The van der Waals surface area contributed by atoms with Gasteiger partial charge in [0.2, 0.25) is 0 Å². The van der Waals surface area contributed by atoms with Crippen molar-refractivity contribution >= 4 is 5.97 Å². The Balaban J connectivity index is 2.36. The van der Waals surface area contributed by atoms with Gasteiger partial charge < -0.3 is 4.74 Å². The number of esters is 1. The van der Waals surface area contributed by atoms with E-state index in [2.05, 4.69) is 19.1 Å². The van der Waals surface area contributed by atoms with E-state index in [1.165, 1.54) is 57.8 Å². The maximum absolute atomic E-state index is 11.9. The fraction of sp³-hybridized carbons (Fsp3) is 0.842. The van der Waals surface area contributed by atoms with Crippen molar-refractivity contribution in [2.24, 2.45) is 0 Å². The molecular formula is C19H34O2. The van der Waals surface area contributed by atoms with E-state index in [0.29, 0.717) is 6.42 Å². The molecule has 0 radical (unpaired) electrons. The topological polar surface area (TPSA) is 26.3 Å². The summed E-state index contributed by atoms with van der Waals surface area (Å²) in [5, 5.41) is 0. The molecule has 0 amide bonds. The summed E-state index contributed by atoms with van der Waals surface area (Å²) in [6.07, 6.45) is 20.8. The van der Waals surface area contributed by atoms with Gasteiger partial charge in [-0.2, -0.15) is 0 Å². The number of hydrogen-bond donors (Lipinski definition) is 0. The van der Waals surface area contributed by atoms with Gasteiger partial charge in [0.05, 0.1) is 0 Å². The first-order valence-electron chi connectivity index (χ1n) is 9.17. The second kappa shape index (κ2) is 12.9. The summed E-state index contributed by atoms with van der Waals surface area (Å²) in [4.78, 5) is 11.9. The molecule has 1 heterocycles. The minimum atomic E-state index is 0.0256. The first kappa shape index (κ1) is 18.3. The molecule has 1 unspecified atom stereocenters. The molecule has 0 saturated heterocycles. The van der Waals surface area contributed by atoms with Crippen molar-refractivity contribution in [3.05, 3.63) is 12.2 Å². The molecular weight excluding hydrogens is 260 g/mol. The lowest BCUT2D eigenvalue weighted by molar-refractivity contribution is -0.150. The summed E-state index contributed by atoms with van der Waals surface area (Å²) in [6.45, 7) is 2.17. The molecule has 1 aliphatic heterocycles. The average molecular weight is 294 g/mol. The van der Waals surface area contributed by atoms with Crippen molar-refractivity contribution in [2.45, 2.75) is 103 Å². The third-order valence-electron chi connectivity index (χ3n) is 4.22. The third-order valence-corrected chi connectivity index (χ3v) is 4.22. The van der Waals surface area contributed by atoms with Crippen LogP contribution in [0, 0.1) is 0 Å². The first-order valence-corrected chi connectivity index (χ1v) is 9.17. The van der Waals surface area contributed by atoms with Crippen molar-refractivity contribution in [1.82, 2.24) is 0 Å². The van der Waals surface area contributed by atoms with E-state index in [9.17, 15) is 4.79 Å². The monoisotopic (exact) mass is 294 g/mol. The summed E-state index contributed by atoms with van der Waals surface area (Å²) >= 11 is 0. The van der Waals surface area contributed by atoms with Gasteiger partial charge in [0.25, 0.3) is 0 Å². The summed E-state index contributed by atoms with van der Waals surface area (Å²) < 4.78 is 5.66. The molecule has 0 aliphatic carbocycles. The number of allylic oxidation sites excluding steroid dienone is 2. The van der Waals surface area contributed by atoms with Gasteiger partial charge in [0.1, 0.15) is 6.10 Å². The molecule has 2 heteroatoms. The van der Waals surface area contributed by atoms with Gasteiger partial charge >= 0.3 is 5.97 Å². The maximum atomic E-state index is 11.9. The Labute approximate surface area is 131 Å². The first-order chi connectivity index (χ1) is 10.3. The third kappa shape index (κ3) is 10.6. The van der Waals surface area contributed by atoms with E-state index in [1.54, 1.807) is 0 Å². The molecule has 2 nitrogen and oxygen atoms in total. The van der Waals surface area contributed by atoms with Gasteiger partial charge in [0, 0.05) is 6.42 Å². The highest BCUT2D eigenvalue weighted by molar-refractivity contribution is 5.69. The van der Waals surface area contributed by atoms with Crippen molar-refractivity contribution in [3.63, 3.8) is 0 Å². The van der Waals surface area contributed by atoms with Gasteiger partial charge in [-0.05, 0) is 51.4 Å². The molecule has 0 aromatic carbocycles. The van der Waals surface area contributed by atoms with Crippen LogP contribution >= 0.6 is 0 Å². The molecule has 0 fully saturated rings. The van der Waals surface area contributed by atoms with Crippen LogP contribution in [-0.2, 0) is 9.53 Å². The molecule has 122 valence electrons. The Hall–Kier alpha value is -0.790. The van der Waals surface area contributed by atoms with E-state index < -0.39 is 0 Å². The standard InChI is InChI=1S/C19H34O2/c1-2-15-18-16-13-11-9-7-5-3-4-6-8-10-12-14-17-19(20)21-18/h5,7,18H,2-4,6,8-17H2,1H3/b7-5-. The van der Waals surface area contributed by atoms with E-state index in [-0.39, 0.29) is 12.1 Å². The van der Waals surface area contributed by atoms with Crippen LogP contribution in [0.2, 0.25) is 0 Å². The number of rotatable bonds is 2. The zero-order valence-electron chi connectivity index (χ0n) is 13.9. The van der Waals surface area contributed by atoms with E-state index in [4.69, 9.17) is 4.74 Å². The molecule has 1 rings (SSSR count). The number of carbonyl (C=O) groups is 1. The van der Waals surface area contributed by atoms with Gasteiger partial charge in [0.15, 0.2) is 0 Å². The minimum Gasteiger partial charge on any atom is -0.462 e. The van der Waals surface area contributed by atoms with E-state index in [1.807, 2.05) is 0 Å². The van der Waals surface area contributed by atoms with Crippen LogP contribution in [0.1, 0.15) is 96.8 Å². The lowest BCUT2D eigenvalue weighted by atomic mass is 10.1. The molecule has 0 aromatic heterocycles. The highest BCUT2D eigenvalue weighted by Crippen LogP contribution is 2.15. The fourth-order valence-corrected chi connectivity index (χ4v) is 2.94. The Morgan fingerprint density at radius 3 is 2.29 bits per heavy atom. The lowest BCUT2D eigenvalue weighted by Crippen LogP contribution is -2.18. The molecule has 0 aromatic rings. The quantitative estimate of drug-likeness (QED) is 0.464.